The molecule has 22 heavy (non-hydrogen) atoms. The molecule has 0 aliphatic carbocycles. The minimum Gasteiger partial charge on any atom is -0.478 e. The summed E-state index contributed by atoms with van der Waals surface area (Å²) in [5.74, 6) is -3.71. The van der Waals surface area contributed by atoms with E-state index >= 15 is 0 Å². The Balaban J connectivity index is 0.000000534. The highest BCUT2D eigenvalue weighted by atomic mass is 19.4. The van der Waals surface area contributed by atoms with Gasteiger partial charge >= 0.3 is 18.1 Å². The highest BCUT2D eigenvalue weighted by molar-refractivity contribution is 5.79. The molecule has 0 saturated heterocycles. The molecule has 0 fully saturated rings. The molecule has 1 rings (SSSR count). The van der Waals surface area contributed by atoms with Crippen molar-refractivity contribution in [3.8, 4) is 0 Å². The van der Waals surface area contributed by atoms with Crippen molar-refractivity contribution >= 4 is 11.9 Å². The zero-order valence-electron chi connectivity index (χ0n) is 11.5. The van der Waals surface area contributed by atoms with Crippen molar-refractivity contribution in [2.75, 3.05) is 0 Å². The molecule has 0 aromatic heterocycles. The van der Waals surface area contributed by atoms with Gasteiger partial charge in [0.2, 0.25) is 0 Å². The third-order valence-corrected chi connectivity index (χ3v) is 2.34. The SMILES string of the molecule is N[C@H](C=CC(=O)O)CCc1ccccc1.O=C(O)C(F)(F)F. The number of rotatable bonds is 5. The second kappa shape index (κ2) is 9.56. The normalized spacial score (nSPS) is 12.4. The van der Waals surface area contributed by atoms with Crippen LogP contribution in [0.5, 0.6) is 0 Å². The summed E-state index contributed by atoms with van der Waals surface area (Å²) in [5, 5.41) is 15.5. The van der Waals surface area contributed by atoms with E-state index in [0.29, 0.717) is 0 Å². The molecule has 122 valence electrons. The summed E-state index contributed by atoms with van der Waals surface area (Å²) in [4.78, 5) is 19.1. The average molecular weight is 319 g/mol. The van der Waals surface area contributed by atoms with Gasteiger partial charge in [0.25, 0.3) is 0 Å². The summed E-state index contributed by atoms with van der Waals surface area (Å²) < 4.78 is 31.7. The fraction of sp³-hybridized carbons (Fsp3) is 0.286. The lowest BCUT2D eigenvalue weighted by Crippen LogP contribution is -2.21. The first kappa shape index (κ1) is 19.7. The molecule has 4 N–H and O–H groups in total. The Kier molecular flexibility index (Phi) is 8.54. The third kappa shape index (κ3) is 10.4. The van der Waals surface area contributed by atoms with Crippen LogP contribution in [0.2, 0.25) is 0 Å². The number of carboxylic acids is 2. The van der Waals surface area contributed by atoms with Crippen LogP contribution in [0.25, 0.3) is 0 Å². The lowest BCUT2D eigenvalue weighted by molar-refractivity contribution is -0.192. The predicted molar refractivity (Wildman–Crippen MR) is 73.2 cm³/mol. The highest BCUT2D eigenvalue weighted by Gasteiger charge is 2.38. The van der Waals surface area contributed by atoms with Crippen LogP contribution >= 0.6 is 0 Å². The van der Waals surface area contributed by atoms with Crippen LogP contribution in [0.4, 0.5) is 13.2 Å². The smallest absolute Gasteiger partial charge is 0.478 e. The van der Waals surface area contributed by atoms with E-state index in [1.807, 2.05) is 30.3 Å². The first-order valence-electron chi connectivity index (χ1n) is 6.13. The molecule has 0 amide bonds. The Labute approximate surface area is 124 Å². The maximum Gasteiger partial charge on any atom is 0.490 e. The van der Waals surface area contributed by atoms with E-state index < -0.39 is 18.1 Å². The molecule has 1 aromatic rings. The number of carboxylic acid groups (broad SMARTS) is 2. The van der Waals surface area contributed by atoms with Crippen molar-refractivity contribution in [3.63, 3.8) is 0 Å². The summed E-state index contributed by atoms with van der Waals surface area (Å²) in [7, 11) is 0. The van der Waals surface area contributed by atoms with Gasteiger partial charge in [-0.2, -0.15) is 13.2 Å². The number of alkyl halides is 3. The van der Waals surface area contributed by atoms with Gasteiger partial charge in [-0.05, 0) is 18.4 Å². The summed E-state index contributed by atoms with van der Waals surface area (Å²) in [6.07, 6.45) is -0.847. The zero-order valence-corrected chi connectivity index (χ0v) is 11.5. The lowest BCUT2D eigenvalue weighted by atomic mass is 10.1. The van der Waals surface area contributed by atoms with Gasteiger partial charge in [-0.3, -0.25) is 0 Å². The maximum absolute atomic E-state index is 10.6. The number of aliphatic carboxylic acids is 2. The summed E-state index contributed by atoms with van der Waals surface area (Å²) in [6.45, 7) is 0. The standard InChI is InChI=1S/C12H15NO2.C2HF3O2/c13-11(8-9-12(14)15)7-6-10-4-2-1-3-5-10;3-2(4,5)1(6)7/h1-5,8-9,11H,6-7,13H2,(H,14,15);(H,6,7)/t11-;/m0./s1. The Bertz CT molecular complexity index is 501. The minimum atomic E-state index is -5.08. The van der Waals surface area contributed by atoms with Crippen LogP contribution in [0.15, 0.2) is 42.5 Å². The number of aryl methyl sites for hydroxylation is 1. The number of nitrogens with two attached hydrogens (primary N) is 1. The van der Waals surface area contributed by atoms with Gasteiger partial charge in [0.15, 0.2) is 0 Å². The van der Waals surface area contributed by atoms with Crippen LogP contribution in [0.1, 0.15) is 12.0 Å². The van der Waals surface area contributed by atoms with E-state index in [9.17, 15) is 18.0 Å². The first-order valence-corrected chi connectivity index (χ1v) is 6.13. The summed E-state index contributed by atoms with van der Waals surface area (Å²) in [5.41, 5.74) is 6.94. The lowest BCUT2D eigenvalue weighted by Gasteiger charge is -2.05. The molecule has 0 bridgehead atoms. The first-order chi connectivity index (χ1) is 10.1. The number of halogens is 3. The number of hydrogen-bond acceptors (Lipinski definition) is 3. The molecule has 5 nitrogen and oxygen atoms in total. The van der Waals surface area contributed by atoms with E-state index in [1.165, 1.54) is 11.6 Å². The van der Waals surface area contributed by atoms with Crippen LogP contribution < -0.4 is 5.73 Å². The second-order valence-electron chi connectivity index (χ2n) is 4.19. The van der Waals surface area contributed by atoms with Gasteiger partial charge in [0.05, 0.1) is 0 Å². The molecule has 0 aliphatic heterocycles. The summed E-state index contributed by atoms with van der Waals surface area (Å²) >= 11 is 0. The zero-order chi connectivity index (χ0) is 17.2. The van der Waals surface area contributed by atoms with Crippen LogP contribution in [0.3, 0.4) is 0 Å². The minimum absolute atomic E-state index is 0.193. The van der Waals surface area contributed by atoms with Gasteiger partial charge in [0.1, 0.15) is 0 Å². The van der Waals surface area contributed by atoms with Crippen molar-refractivity contribution in [1.82, 2.24) is 0 Å². The number of carbonyl (C=O) groups is 2. The Morgan fingerprint density at radius 3 is 2.09 bits per heavy atom. The molecular weight excluding hydrogens is 303 g/mol. The Morgan fingerprint density at radius 2 is 1.68 bits per heavy atom. The van der Waals surface area contributed by atoms with Crippen LogP contribution in [0, 0.1) is 0 Å². The molecule has 0 unspecified atom stereocenters. The van der Waals surface area contributed by atoms with Crippen molar-refractivity contribution in [2.45, 2.75) is 25.1 Å². The van der Waals surface area contributed by atoms with Crippen molar-refractivity contribution in [3.05, 3.63) is 48.0 Å². The molecular formula is C14H16F3NO4. The highest BCUT2D eigenvalue weighted by Crippen LogP contribution is 2.13. The van der Waals surface area contributed by atoms with Gasteiger partial charge in [-0.1, -0.05) is 36.4 Å². The van der Waals surface area contributed by atoms with E-state index in [0.717, 1.165) is 18.9 Å². The molecule has 8 heteroatoms. The summed E-state index contributed by atoms with van der Waals surface area (Å²) in [6, 6.07) is 9.80. The predicted octanol–water partition coefficient (Wildman–Crippen LogP) is 2.22. The average Bonchev–Trinajstić information content (AvgIpc) is 2.43. The van der Waals surface area contributed by atoms with Crippen LogP contribution in [-0.2, 0) is 16.0 Å². The van der Waals surface area contributed by atoms with E-state index in [-0.39, 0.29) is 6.04 Å². The molecule has 0 radical (unpaired) electrons. The van der Waals surface area contributed by atoms with Gasteiger partial charge in [-0.25, -0.2) is 9.59 Å². The van der Waals surface area contributed by atoms with Crippen molar-refractivity contribution < 1.29 is 33.0 Å². The van der Waals surface area contributed by atoms with Gasteiger partial charge in [-0.15, -0.1) is 0 Å². The Morgan fingerprint density at radius 1 is 1.18 bits per heavy atom. The van der Waals surface area contributed by atoms with Crippen molar-refractivity contribution in [1.29, 1.82) is 0 Å². The molecule has 0 spiro atoms. The topological polar surface area (TPSA) is 101 Å². The van der Waals surface area contributed by atoms with E-state index in [4.69, 9.17) is 20.7 Å². The van der Waals surface area contributed by atoms with Gasteiger partial charge in [0, 0.05) is 12.1 Å². The maximum atomic E-state index is 10.6. The monoisotopic (exact) mass is 319 g/mol. The fourth-order valence-corrected chi connectivity index (χ4v) is 1.28. The molecule has 0 heterocycles. The van der Waals surface area contributed by atoms with Crippen molar-refractivity contribution in [2.24, 2.45) is 5.73 Å². The van der Waals surface area contributed by atoms with E-state index in [1.54, 1.807) is 0 Å². The molecule has 0 aliphatic rings. The third-order valence-electron chi connectivity index (χ3n) is 2.34. The Hall–Kier alpha value is -2.35. The van der Waals surface area contributed by atoms with Gasteiger partial charge < -0.3 is 15.9 Å². The van der Waals surface area contributed by atoms with E-state index in [2.05, 4.69) is 0 Å². The second-order valence-corrected chi connectivity index (χ2v) is 4.19. The van der Waals surface area contributed by atoms with Crippen LogP contribution in [-0.4, -0.2) is 34.4 Å². The fourth-order valence-electron chi connectivity index (χ4n) is 1.28. The molecule has 0 saturated carbocycles. The number of benzene rings is 1. The largest absolute Gasteiger partial charge is 0.490 e. The number of hydrogen-bond donors (Lipinski definition) is 3. The molecule has 1 atom stereocenters. The quantitative estimate of drug-likeness (QED) is 0.723. The molecule has 1 aromatic carbocycles.